The molecule has 0 aliphatic rings. The first-order chi connectivity index (χ1) is 18.1. The van der Waals surface area contributed by atoms with Gasteiger partial charge in [0.2, 0.25) is 5.91 Å². The molecule has 0 radical (unpaired) electrons. The van der Waals surface area contributed by atoms with Crippen LogP contribution in [0.2, 0.25) is 0 Å². The van der Waals surface area contributed by atoms with Gasteiger partial charge in [0.25, 0.3) is 10.0 Å². The van der Waals surface area contributed by atoms with Crippen LogP contribution in [0.4, 0.5) is 15.8 Å². The number of nitrogens with one attached hydrogen (secondary N) is 1. The Kier molecular flexibility index (Phi) is 9.02. The average Bonchev–Trinajstić information content (AvgIpc) is 2.91. The minimum atomic E-state index is -4.32. The summed E-state index contributed by atoms with van der Waals surface area (Å²) in [7, 11) is -2.01. The van der Waals surface area contributed by atoms with Crippen molar-refractivity contribution in [2.24, 2.45) is 0 Å². The fourth-order valence-corrected chi connectivity index (χ4v) is 4.85. The number of carbonyl (C=O) groups excluding carboxylic acids is 3. The van der Waals surface area contributed by atoms with Crippen molar-refractivity contribution in [2.75, 3.05) is 37.0 Å². The second-order valence-electron chi connectivity index (χ2n) is 7.72. The van der Waals surface area contributed by atoms with Crippen LogP contribution in [0.3, 0.4) is 0 Å². The molecule has 0 heterocycles. The number of hydrogen-bond acceptors (Lipinski definition) is 8. The molecule has 12 heteroatoms. The molecule has 0 saturated carbocycles. The van der Waals surface area contributed by atoms with Crippen molar-refractivity contribution in [1.82, 2.24) is 0 Å². The molecule has 0 bridgehead atoms. The first kappa shape index (κ1) is 28.1. The van der Waals surface area contributed by atoms with E-state index in [1.807, 2.05) is 0 Å². The van der Waals surface area contributed by atoms with Crippen LogP contribution in [0.25, 0.3) is 0 Å². The summed E-state index contributed by atoms with van der Waals surface area (Å²) in [6.45, 7) is 1.51. The van der Waals surface area contributed by atoms with Crippen LogP contribution < -0.4 is 14.4 Å². The highest BCUT2D eigenvalue weighted by atomic mass is 32.2. The van der Waals surface area contributed by atoms with Crippen molar-refractivity contribution >= 4 is 39.2 Å². The van der Waals surface area contributed by atoms with Gasteiger partial charge >= 0.3 is 11.9 Å². The van der Waals surface area contributed by atoms with E-state index in [1.54, 1.807) is 19.1 Å². The number of nitrogens with zero attached hydrogens (tertiary/aromatic N) is 1. The molecule has 3 aromatic rings. The number of esters is 2. The lowest BCUT2D eigenvalue weighted by Crippen LogP contribution is -2.38. The number of methoxy groups -OCH3 is 2. The molecule has 0 atom stereocenters. The van der Waals surface area contributed by atoms with Crippen LogP contribution in [0.1, 0.15) is 27.6 Å². The minimum Gasteiger partial charge on any atom is -0.494 e. The average molecular weight is 545 g/mol. The summed E-state index contributed by atoms with van der Waals surface area (Å²) in [6, 6.07) is 14.0. The molecule has 0 spiro atoms. The van der Waals surface area contributed by atoms with Gasteiger partial charge in [-0.3, -0.25) is 9.10 Å². The lowest BCUT2D eigenvalue weighted by molar-refractivity contribution is -0.114. The van der Waals surface area contributed by atoms with Gasteiger partial charge in [0.1, 0.15) is 18.1 Å². The predicted octanol–water partition coefficient (Wildman–Crippen LogP) is 3.63. The molecule has 3 rings (SSSR count). The Balaban J connectivity index is 1.97. The summed E-state index contributed by atoms with van der Waals surface area (Å²) >= 11 is 0. The van der Waals surface area contributed by atoms with E-state index in [-0.39, 0.29) is 27.4 Å². The van der Waals surface area contributed by atoms with Crippen LogP contribution in [0.5, 0.6) is 5.75 Å². The van der Waals surface area contributed by atoms with Crippen molar-refractivity contribution < 1.29 is 41.4 Å². The summed E-state index contributed by atoms with van der Waals surface area (Å²) < 4.78 is 56.0. The Bertz CT molecular complexity index is 1390. The molecule has 3 aromatic carbocycles. The maximum absolute atomic E-state index is 13.5. The fourth-order valence-electron chi connectivity index (χ4n) is 3.43. The molecular formula is C26H25FN2O8S. The molecule has 1 amide bonds. The third-order valence-electron chi connectivity index (χ3n) is 5.18. The van der Waals surface area contributed by atoms with Gasteiger partial charge in [0.15, 0.2) is 0 Å². The normalized spacial score (nSPS) is 10.8. The Morgan fingerprint density at radius 3 is 1.92 bits per heavy atom. The van der Waals surface area contributed by atoms with Gasteiger partial charge in [-0.1, -0.05) is 0 Å². The lowest BCUT2D eigenvalue weighted by atomic mass is 10.1. The smallest absolute Gasteiger partial charge is 0.337 e. The van der Waals surface area contributed by atoms with Crippen molar-refractivity contribution in [1.29, 1.82) is 0 Å². The summed E-state index contributed by atoms with van der Waals surface area (Å²) in [5, 5.41) is 2.50. The molecule has 0 aromatic heterocycles. The molecule has 10 nitrogen and oxygen atoms in total. The second kappa shape index (κ2) is 12.2. The highest BCUT2D eigenvalue weighted by molar-refractivity contribution is 7.92. The third kappa shape index (κ3) is 6.65. The van der Waals surface area contributed by atoms with Crippen LogP contribution in [0, 0.1) is 5.82 Å². The third-order valence-corrected chi connectivity index (χ3v) is 6.97. The van der Waals surface area contributed by atoms with Gasteiger partial charge in [-0.25, -0.2) is 22.4 Å². The lowest BCUT2D eigenvalue weighted by Gasteiger charge is -2.24. The quantitative estimate of drug-likeness (QED) is 0.383. The molecule has 0 fully saturated rings. The molecule has 0 unspecified atom stereocenters. The van der Waals surface area contributed by atoms with Gasteiger partial charge in [-0.05, 0) is 73.7 Å². The number of benzene rings is 3. The number of carbonyl (C=O) groups is 3. The largest absolute Gasteiger partial charge is 0.494 e. The van der Waals surface area contributed by atoms with E-state index in [4.69, 9.17) is 4.74 Å². The summed E-state index contributed by atoms with van der Waals surface area (Å²) in [6.07, 6.45) is 0. The van der Waals surface area contributed by atoms with E-state index < -0.39 is 40.2 Å². The predicted molar refractivity (Wildman–Crippen MR) is 136 cm³/mol. The van der Waals surface area contributed by atoms with Crippen LogP contribution in [-0.4, -0.2) is 53.6 Å². The zero-order valence-corrected chi connectivity index (χ0v) is 21.6. The first-order valence-corrected chi connectivity index (χ1v) is 12.7. The fraction of sp³-hybridized carbons (Fsp3) is 0.192. The van der Waals surface area contributed by atoms with Gasteiger partial charge in [0.05, 0.1) is 42.5 Å². The van der Waals surface area contributed by atoms with E-state index in [2.05, 4.69) is 14.8 Å². The topological polar surface area (TPSA) is 128 Å². The standard InChI is InChI=1S/C26H25FN2O8S/c1-4-37-22-9-7-21(8-10-22)29(38(33,34)23-11-5-19(27)6-12-23)16-24(30)28-20-14-17(25(31)35-2)13-18(15-20)26(32)36-3/h5-15H,4,16H2,1-3H3,(H,28,30). The highest BCUT2D eigenvalue weighted by Gasteiger charge is 2.28. The van der Waals surface area contributed by atoms with Crippen molar-refractivity contribution in [3.8, 4) is 5.75 Å². The van der Waals surface area contributed by atoms with E-state index in [9.17, 15) is 27.2 Å². The second-order valence-corrected chi connectivity index (χ2v) is 9.59. The molecular weight excluding hydrogens is 519 g/mol. The van der Waals surface area contributed by atoms with Gasteiger partial charge in [-0.2, -0.15) is 0 Å². The summed E-state index contributed by atoms with van der Waals surface area (Å²) in [5.41, 5.74) is 0.108. The zero-order valence-electron chi connectivity index (χ0n) is 20.8. The van der Waals surface area contributed by atoms with Crippen LogP contribution in [-0.2, 0) is 24.3 Å². The Hall–Kier alpha value is -4.45. The summed E-state index contributed by atoms with van der Waals surface area (Å²) in [4.78, 5) is 36.9. The molecule has 0 saturated heterocycles. The monoisotopic (exact) mass is 544 g/mol. The minimum absolute atomic E-state index is 0.0316. The van der Waals surface area contributed by atoms with Crippen LogP contribution in [0.15, 0.2) is 71.6 Å². The number of sulfonamides is 1. The van der Waals surface area contributed by atoms with Gasteiger partial charge in [-0.15, -0.1) is 0 Å². The SMILES string of the molecule is CCOc1ccc(N(CC(=O)Nc2cc(C(=O)OC)cc(C(=O)OC)c2)S(=O)(=O)c2ccc(F)cc2)cc1. The molecule has 1 N–H and O–H groups in total. The maximum atomic E-state index is 13.5. The Morgan fingerprint density at radius 1 is 0.868 bits per heavy atom. The number of hydrogen-bond donors (Lipinski definition) is 1. The number of halogens is 1. The number of ether oxygens (including phenoxy) is 3. The summed E-state index contributed by atoms with van der Waals surface area (Å²) in [5.74, 6) is -2.44. The molecule has 38 heavy (non-hydrogen) atoms. The Morgan fingerprint density at radius 2 is 1.42 bits per heavy atom. The Labute approximate surface area is 219 Å². The highest BCUT2D eigenvalue weighted by Crippen LogP contribution is 2.26. The van der Waals surface area contributed by atoms with Crippen molar-refractivity contribution in [3.05, 3.63) is 83.7 Å². The van der Waals surface area contributed by atoms with E-state index in [0.29, 0.717) is 12.4 Å². The maximum Gasteiger partial charge on any atom is 0.337 e. The van der Waals surface area contributed by atoms with Crippen molar-refractivity contribution in [2.45, 2.75) is 11.8 Å². The molecule has 0 aliphatic carbocycles. The number of rotatable bonds is 10. The van der Waals surface area contributed by atoms with E-state index >= 15 is 0 Å². The van der Waals surface area contributed by atoms with Gasteiger partial charge < -0.3 is 19.5 Å². The van der Waals surface area contributed by atoms with E-state index in [1.165, 1.54) is 30.3 Å². The zero-order chi connectivity index (χ0) is 27.9. The first-order valence-electron chi connectivity index (χ1n) is 11.2. The van der Waals surface area contributed by atoms with Gasteiger partial charge in [0, 0.05) is 5.69 Å². The number of anilines is 2. The van der Waals surface area contributed by atoms with E-state index in [0.717, 1.165) is 42.8 Å². The van der Waals surface area contributed by atoms with Crippen LogP contribution >= 0.6 is 0 Å². The van der Waals surface area contributed by atoms with Crippen molar-refractivity contribution in [3.63, 3.8) is 0 Å². The molecule has 0 aliphatic heterocycles. The number of amides is 1. The molecule has 200 valence electrons.